The van der Waals surface area contributed by atoms with Crippen LogP contribution in [0.2, 0.25) is 0 Å². The first kappa shape index (κ1) is 27.0. The second-order valence-electron chi connectivity index (χ2n) is 11.3. The minimum absolute atomic E-state index is 0.125. The number of benzene rings is 2. The molecule has 0 radical (unpaired) electrons. The number of aromatic nitrogens is 4. The summed E-state index contributed by atoms with van der Waals surface area (Å²) < 4.78 is 8.93. The Hall–Kier alpha value is -4.20. The zero-order valence-electron chi connectivity index (χ0n) is 24.0. The molecule has 0 spiro atoms. The third-order valence-electron chi connectivity index (χ3n) is 8.55. The molecule has 2 aliphatic rings. The Morgan fingerprint density at radius 1 is 1.02 bits per heavy atom. The van der Waals surface area contributed by atoms with E-state index in [1.54, 1.807) is 4.68 Å². The molecule has 3 heterocycles. The normalized spacial score (nSPS) is 20.2. The van der Waals surface area contributed by atoms with Crippen molar-refractivity contribution in [3.8, 4) is 16.8 Å². The Kier molecular flexibility index (Phi) is 7.47. The maximum Gasteiger partial charge on any atom is 0.339 e. The number of carbonyl (C=O) groups is 2. The Balaban J connectivity index is 1.31. The zero-order chi connectivity index (χ0) is 28.5. The van der Waals surface area contributed by atoms with Crippen molar-refractivity contribution < 1.29 is 14.3 Å². The van der Waals surface area contributed by atoms with Crippen LogP contribution in [0.3, 0.4) is 0 Å². The molecule has 8 nitrogen and oxygen atoms in total. The predicted molar refractivity (Wildman–Crippen MR) is 157 cm³/mol. The van der Waals surface area contributed by atoms with E-state index in [4.69, 9.17) is 4.74 Å². The molecule has 2 aromatic heterocycles. The Labute approximate surface area is 240 Å². The van der Waals surface area contributed by atoms with Gasteiger partial charge < -0.3 is 14.2 Å². The number of carbonyl (C=O) groups excluding carboxylic acids is 2. The van der Waals surface area contributed by atoms with Crippen LogP contribution < -0.4 is 0 Å². The maximum atomic E-state index is 13.6. The molecule has 2 fully saturated rings. The van der Waals surface area contributed by atoms with Crippen molar-refractivity contribution in [2.75, 3.05) is 13.7 Å². The topological polar surface area (TPSA) is 82.3 Å². The Morgan fingerprint density at radius 2 is 1.83 bits per heavy atom. The number of methoxy groups -OCH3 is 1. The summed E-state index contributed by atoms with van der Waals surface area (Å²) in [5.74, 6) is 0.129. The number of aryl methyl sites for hydroxylation is 1. The summed E-state index contributed by atoms with van der Waals surface area (Å²) in [6, 6.07) is 18.4. The van der Waals surface area contributed by atoms with E-state index in [0.29, 0.717) is 11.6 Å². The van der Waals surface area contributed by atoms with Crippen LogP contribution in [0.15, 0.2) is 67.0 Å². The predicted octanol–water partition coefficient (Wildman–Crippen LogP) is 6.13. The van der Waals surface area contributed by atoms with E-state index < -0.39 is 0 Å². The Bertz CT molecular complexity index is 1570. The molecule has 1 aliphatic heterocycles. The number of esters is 1. The number of likely N-dealkylation sites (tertiary alicyclic amines) is 1. The van der Waals surface area contributed by atoms with Crippen molar-refractivity contribution in [2.45, 2.75) is 63.3 Å². The van der Waals surface area contributed by atoms with Crippen molar-refractivity contribution >= 4 is 11.9 Å². The van der Waals surface area contributed by atoms with Gasteiger partial charge in [-0.15, -0.1) is 5.10 Å². The Morgan fingerprint density at radius 3 is 2.59 bits per heavy atom. The van der Waals surface area contributed by atoms with Crippen LogP contribution in [0.25, 0.3) is 16.8 Å². The van der Waals surface area contributed by atoms with Gasteiger partial charge in [-0.25, -0.2) is 4.79 Å². The monoisotopic (exact) mass is 551 g/mol. The van der Waals surface area contributed by atoms with Crippen molar-refractivity contribution in [1.29, 1.82) is 0 Å². The minimum Gasteiger partial charge on any atom is -0.465 e. The number of piperidine rings is 1. The number of rotatable bonds is 8. The first-order valence-corrected chi connectivity index (χ1v) is 14.7. The van der Waals surface area contributed by atoms with E-state index in [0.717, 1.165) is 72.4 Å². The van der Waals surface area contributed by atoms with Gasteiger partial charge in [0.2, 0.25) is 0 Å². The molecule has 1 aliphatic carbocycles. The average molecular weight is 552 g/mol. The van der Waals surface area contributed by atoms with E-state index >= 15 is 0 Å². The zero-order valence-corrected chi connectivity index (χ0v) is 24.0. The quantitative estimate of drug-likeness (QED) is 0.246. The van der Waals surface area contributed by atoms with E-state index in [1.807, 2.05) is 55.8 Å². The summed E-state index contributed by atoms with van der Waals surface area (Å²) in [7, 11) is 3.28. The maximum absolute atomic E-state index is 13.6. The van der Waals surface area contributed by atoms with Crippen LogP contribution in [-0.2, 0) is 11.8 Å². The molecule has 1 amide bonds. The van der Waals surface area contributed by atoms with Crippen molar-refractivity contribution in [3.63, 3.8) is 0 Å². The highest BCUT2D eigenvalue weighted by Crippen LogP contribution is 2.55. The van der Waals surface area contributed by atoms with Gasteiger partial charge in [0.05, 0.1) is 18.4 Å². The smallest absolute Gasteiger partial charge is 0.339 e. The van der Waals surface area contributed by atoms with Crippen LogP contribution in [-0.4, -0.2) is 56.0 Å². The summed E-state index contributed by atoms with van der Waals surface area (Å²) in [6.07, 6.45) is 10.3. The fraction of sp³-hybridized carbons (Fsp3) is 0.394. The fourth-order valence-electron chi connectivity index (χ4n) is 6.42. The van der Waals surface area contributed by atoms with Gasteiger partial charge in [0.25, 0.3) is 5.91 Å². The molecule has 6 rings (SSSR count). The first-order chi connectivity index (χ1) is 20.0. The molecule has 212 valence electrons. The molecule has 1 saturated carbocycles. The number of hydrogen-bond donors (Lipinski definition) is 0. The highest BCUT2D eigenvalue weighted by atomic mass is 16.5. The van der Waals surface area contributed by atoms with Crippen LogP contribution in [0.5, 0.6) is 0 Å². The molecule has 8 heteroatoms. The van der Waals surface area contributed by atoms with Gasteiger partial charge in [-0.3, -0.25) is 9.48 Å². The number of ether oxygens (including phenoxy) is 1. The molecule has 3 atom stereocenters. The molecular weight excluding hydrogens is 514 g/mol. The molecule has 2 aromatic carbocycles. The largest absolute Gasteiger partial charge is 0.465 e. The summed E-state index contributed by atoms with van der Waals surface area (Å²) in [5, 5.41) is 8.41. The second-order valence-corrected chi connectivity index (χ2v) is 11.3. The van der Waals surface area contributed by atoms with E-state index in [9.17, 15) is 9.59 Å². The lowest BCUT2D eigenvalue weighted by Crippen LogP contribution is -2.43. The van der Waals surface area contributed by atoms with Gasteiger partial charge in [0.15, 0.2) is 0 Å². The lowest BCUT2D eigenvalue weighted by atomic mass is 9.96. The number of hydrogen-bond acceptors (Lipinski definition) is 5. The highest BCUT2D eigenvalue weighted by molar-refractivity contribution is 5.96. The number of amides is 1. The fourth-order valence-corrected chi connectivity index (χ4v) is 6.42. The van der Waals surface area contributed by atoms with E-state index in [2.05, 4.69) is 44.9 Å². The molecule has 1 saturated heterocycles. The molecule has 41 heavy (non-hydrogen) atoms. The average Bonchev–Trinajstić information content (AvgIpc) is 3.46. The third kappa shape index (κ3) is 5.31. The highest BCUT2D eigenvalue weighted by Gasteiger charge is 2.45. The lowest BCUT2D eigenvalue weighted by Gasteiger charge is -2.36. The molecular formula is C33H37N5O3. The van der Waals surface area contributed by atoms with Crippen molar-refractivity contribution in [1.82, 2.24) is 24.5 Å². The summed E-state index contributed by atoms with van der Waals surface area (Å²) >= 11 is 0. The SMILES string of the molecule is CCC[C@@H]1CCCCN1C(=O)c1cccc(-c2cccc(-n3ccc(C(=O)OC)c3C3CC3c3cn(C)nn3)c2)c1. The summed E-state index contributed by atoms with van der Waals surface area (Å²) in [4.78, 5) is 28.4. The van der Waals surface area contributed by atoms with Gasteiger partial charge >= 0.3 is 5.97 Å². The van der Waals surface area contributed by atoms with E-state index in [1.165, 1.54) is 13.5 Å². The standard InChI is InChI=1S/C33H37N5O3/c1-4-9-25-13-5-6-16-38(25)32(39)24-12-7-10-22(18-24)23-11-8-14-26(19-23)37-17-15-27(33(40)41-3)31(37)29-20-28(29)30-21-36(2)35-34-30/h7-8,10-12,14-15,17-19,21,25,28-29H,4-6,9,13,16,20H2,1-3H3/t25-,28?,29?/m1/s1. The second kappa shape index (κ2) is 11.4. The van der Waals surface area contributed by atoms with Crippen molar-refractivity contribution in [2.24, 2.45) is 7.05 Å². The lowest BCUT2D eigenvalue weighted by molar-refractivity contribution is 0.0592. The van der Waals surface area contributed by atoms with Gasteiger partial charge in [0.1, 0.15) is 0 Å². The minimum atomic E-state index is -0.343. The third-order valence-corrected chi connectivity index (χ3v) is 8.55. The molecule has 0 N–H and O–H groups in total. The molecule has 0 bridgehead atoms. The van der Waals surface area contributed by atoms with Crippen LogP contribution in [0, 0.1) is 0 Å². The van der Waals surface area contributed by atoms with Crippen LogP contribution in [0.4, 0.5) is 0 Å². The summed E-state index contributed by atoms with van der Waals surface area (Å²) in [5.41, 5.74) is 6.13. The van der Waals surface area contributed by atoms with E-state index in [-0.39, 0.29) is 23.7 Å². The molecule has 2 unspecified atom stereocenters. The van der Waals surface area contributed by atoms with Gasteiger partial charge in [-0.1, -0.05) is 42.8 Å². The van der Waals surface area contributed by atoms with Gasteiger partial charge in [0, 0.05) is 60.8 Å². The summed E-state index contributed by atoms with van der Waals surface area (Å²) in [6.45, 7) is 3.02. The van der Waals surface area contributed by atoms with Gasteiger partial charge in [-0.2, -0.15) is 0 Å². The van der Waals surface area contributed by atoms with Crippen LogP contribution >= 0.6 is 0 Å². The van der Waals surface area contributed by atoms with Gasteiger partial charge in [-0.05, 0) is 73.6 Å². The first-order valence-electron chi connectivity index (χ1n) is 14.7. The van der Waals surface area contributed by atoms with Crippen molar-refractivity contribution in [3.05, 3.63) is 89.5 Å². The number of nitrogens with zero attached hydrogens (tertiary/aromatic N) is 5. The van der Waals surface area contributed by atoms with Crippen LogP contribution in [0.1, 0.15) is 89.4 Å². The molecule has 4 aromatic rings.